The fourth-order valence-corrected chi connectivity index (χ4v) is 3.71. The first-order valence-electron chi connectivity index (χ1n) is 10.6. The summed E-state index contributed by atoms with van der Waals surface area (Å²) in [6.45, 7) is 12.7. The quantitative estimate of drug-likeness (QED) is 0.320. The smallest absolute Gasteiger partial charge is 0.132 e. The van der Waals surface area contributed by atoms with E-state index in [0.29, 0.717) is 11.8 Å². The summed E-state index contributed by atoms with van der Waals surface area (Å²) in [7, 11) is 0. The Morgan fingerprint density at radius 2 is 1.53 bits per heavy atom. The van der Waals surface area contributed by atoms with Crippen molar-refractivity contribution in [2.45, 2.75) is 46.0 Å². The summed E-state index contributed by atoms with van der Waals surface area (Å²) in [4.78, 5) is 4.90. The fraction of sp³-hybridized carbons (Fsp3) is 0.250. The maximum absolute atomic E-state index is 10.9. The van der Waals surface area contributed by atoms with E-state index in [2.05, 4.69) is 46.4 Å². The maximum atomic E-state index is 10.9. The highest BCUT2D eigenvalue weighted by molar-refractivity contribution is 5.90. The second-order valence-electron chi connectivity index (χ2n) is 8.29. The van der Waals surface area contributed by atoms with Gasteiger partial charge in [0, 0.05) is 17.3 Å². The van der Waals surface area contributed by atoms with Gasteiger partial charge in [-0.3, -0.25) is 4.99 Å². The Hall–Kier alpha value is -3.13. The summed E-state index contributed by atoms with van der Waals surface area (Å²) in [5.74, 6) is 0.959. The largest absolute Gasteiger partial charge is 0.507 e. The summed E-state index contributed by atoms with van der Waals surface area (Å²) in [5, 5.41) is 10.9. The first-order valence-corrected chi connectivity index (χ1v) is 10.6. The van der Waals surface area contributed by atoms with Crippen LogP contribution in [-0.4, -0.2) is 11.3 Å². The van der Waals surface area contributed by atoms with Crippen molar-refractivity contribution in [3.63, 3.8) is 0 Å². The number of aromatic hydroxyl groups is 1. The molecule has 0 aliphatic rings. The van der Waals surface area contributed by atoms with Crippen LogP contribution < -0.4 is 0 Å². The summed E-state index contributed by atoms with van der Waals surface area (Å²) in [6, 6.07) is 20.2. The van der Waals surface area contributed by atoms with Crippen LogP contribution in [0, 0.1) is 0 Å². The topological polar surface area (TPSA) is 32.6 Å². The number of benzene rings is 3. The highest BCUT2D eigenvalue weighted by atomic mass is 16.3. The van der Waals surface area contributed by atoms with E-state index in [9.17, 15) is 5.11 Å². The van der Waals surface area contributed by atoms with Crippen molar-refractivity contribution in [1.82, 2.24) is 0 Å². The van der Waals surface area contributed by atoms with E-state index >= 15 is 0 Å². The third-order valence-electron chi connectivity index (χ3n) is 5.34. The molecule has 0 saturated carbocycles. The van der Waals surface area contributed by atoms with Gasteiger partial charge in [0.2, 0.25) is 0 Å². The molecule has 2 heteroatoms. The number of allylic oxidation sites excluding steroid dienone is 1. The third kappa shape index (κ3) is 4.71. The summed E-state index contributed by atoms with van der Waals surface area (Å²) in [6.07, 6.45) is 4.59. The second kappa shape index (κ2) is 9.58. The van der Waals surface area contributed by atoms with Gasteiger partial charge in [-0.1, -0.05) is 88.4 Å². The average molecular weight is 398 g/mol. The van der Waals surface area contributed by atoms with Crippen molar-refractivity contribution in [2.24, 2.45) is 4.99 Å². The Bertz CT molecular complexity index is 1020. The Kier molecular flexibility index (Phi) is 6.89. The number of phenolic OH excluding ortho intramolecular Hbond substituents is 1. The van der Waals surface area contributed by atoms with Gasteiger partial charge in [0.1, 0.15) is 5.75 Å². The molecule has 3 aromatic rings. The lowest BCUT2D eigenvalue weighted by Crippen LogP contribution is -1.99. The maximum Gasteiger partial charge on any atom is 0.132 e. The zero-order chi connectivity index (χ0) is 21.7. The molecule has 0 spiro atoms. The molecular formula is C28H31NO. The van der Waals surface area contributed by atoms with Crippen LogP contribution in [-0.2, 0) is 6.42 Å². The van der Waals surface area contributed by atoms with Crippen LogP contribution in [0.2, 0.25) is 0 Å². The van der Waals surface area contributed by atoms with Crippen LogP contribution in [0.25, 0.3) is 11.1 Å². The van der Waals surface area contributed by atoms with Gasteiger partial charge in [-0.25, -0.2) is 0 Å². The van der Waals surface area contributed by atoms with Crippen molar-refractivity contribution in [3.05, 3.63) is 95.6 Å². The lowest BCUT2D eigenvalue weighted by molar-refractivity contribution is 0.476. The molecule has 1 N–H and O–H groups in total. The van der Waals surface area contributed by atoms with Gasteiger partial charge in [0.25, 0.3) is 0 Å². The highest BCUT2D eigenvalue weighted by Gasteiger charge is 2.15. The molecule has 0 aliphatic heterocycles. The standard InChI is InChI=1S/C28H31NO/c1-6-11-21-16-25(19(2)3)27(26(17-21)20(4)5)29-18-23-14-10-15-24(28(23)30)22-12-8-7-9-13-22/h6-10,12-20,30H,1,11H2,2-5H3/b29-18+. The fourth-order valence-electron chi connectivity index (χ4n) is 3.71. The van der Waals surface area contributed by atoms with Crippen LogP contribution >= 0.6 is 0 Å². The molecule has 0 aliphatic carbocycles. The first-order chi connectivity index (χ1) is 14.4. The van der Waals surface area contributed by atoms with Crippen molar-refractivity contribution in [1.29, 1.82) is 0 Å². The molecule has 30 heavy (non-hydrogen) atoms. The molecule has 0 amide bonds. The van der Waals surface area contributed by atoms with E-state index < -0.39 is 0 Å². The summed E-state index contributed by atoms with van der Waals surface area (Å²) < 4.78 is 0. The van der Waals surface area contributed by atoms with Crippen LogP contribution in [0.4, 0.5) is 5.69 Å². The Morgan fingerprint density at radius 3 is 2.10 bits per heavy atom. The lowest BCUT2D eigenvalue weighted by Gasteiger charge is -2.18. The Balaban J connectivity index is 2.09. The lowest BCUT2D eigenvalue weighted by atomic mass is 9.89. The molecule has 0 aromatic heterocycles. The molecule has 0 radical (unpaired) electrons. The van der Waals surface area contributed by atoms with E-state index in [-0.39, 0.29) is 5.75 Å². The van der Waals surface area contributed by atoms with Crippen LogP contribution in [0.5, 0.6) is 5.75 Å². The van der Waals surface area contributed by atoms with Crippen molar-refractivity contribution in [3.8, 4) is 16.9 Å². The van der Waals surface area contributed by atoms with Crippen LogP contribution in [0.1, 0.15) is 61.8 Å². The summed E-state index contributed by atoms with van der Waals surface area (Å²) in [5.41, 5.74) is 7.26. The number of hydrogen-bond donors (Lipinski definition) is 1. The molecule has 154 valence electrons. The van der Waals surface area contributed by atoms with Gasteiger partial charge in [-0.2, -0.15) is 0 Å². The number of phenols is 1. The van der Waals surface area contributed by atoms with Gasteiger partial charge in [-0.15, -0.1) is 6.58 Å². The van der Waals surface area contributed by atoms with E-state index in [4.69, 9.17) is 4.99 Å². The van der Waals surface area contributed by atoms with Gasteiger partial charge in [-0.05, 0) is 46.6 Å². The molecule has 3 rings (SSSR count). The van der Waals surface area contributed by atoms with Gasteiger partial charge >= 0.3 is 0 Å². The normalized spacial score (nSPS) is 11.5. The zero-order valence-corrected chi connectivity index (χ0v) is 18.4. The van der Waals surface area contributed by atoms with Gasteiger partial charge < -0.3 is 5.11 Å². The van der Waals surface area contributed by atoms with Crippen molar-refractivity contribution < 1.29 is 5.11 Å². The minimum absolute atomic E-state index is 0.257. The van der Waals surface area contributed by atoms with Crippen LogP contribution in [0.15, 0.2) is 78.3 Å². The monoisotopic (exact) mass is 397 g/mol. The molecule has 0 fully saturated rings. The number of rotatable bonds is 7. The third-order valence-corrected chi connectivity index (χ3v) is 5.34. The minimum atomic E-state index is 0.257. The Morgan fingerprint density at radius 1 is 0.900 bits per heavy atom. The number of aliphatic imine (C=N–C) groups is 1. The highest BCUT2D eigenvalue weighted by Crippen LogP contribution is 2.37. The minimum Gasteiger partial charge on any atom is -0.507 e. The Labute approximate surface area is 180 Å². The number of hydrogen-bond acceptors (Lipinski definition) is 2. The van der Waals surface area contributed by atoms with Crippen LogP contribution in [0.3, 0.4) is 0 Å². The molecule has 0 unspecified atom stereocenters. The van der Waals surface area contributed by atoms with E-state index in [1.807, 2.05) is 54.6 Å². The average Bonchev–Trinajstić information content (AvgIpc) is 2.73. The first kappa shape index (κ1) is 21.6. The second-order valence-corrected chi connectivity index (χ2v) is 8.29. The van der Waals surface area contributed by atoms with Gasteiger partial charge in [0.05, 0.1) is 5.69 Å². The predicted molar refractivity (Wildman–Crippen MR) is 129 cm³/mol. The molecule has 0 bridgehead atoms. The molecule has 0 atom stereocenters. The van der Waals surface area contributed by atoms with Gasteiger partial charge in [0.15, 0.2) is 0 Å². The summed E-state index contributed by atoms with van der Waals surface area (Å²) >= 11 is 0. The molecule has 0 saturated heterocycles. The number of nitrogens with zero attached hydrogens (tertiary/aromatic N) is 1. The molecule has 3 aromatic carbocycles. The van der Waals surface area contributed by atoms with E-state index in [0.717, 1.165) is 28.8 Å². The molecule has 0 heterocycles. The predicted octanol–water partition coefficient (Wildman–Crippen LogP) is 7.79. The zero-order valence-electron chi connectivity index (χ0n) is 18.4. The van der Waals surface area contributed by atoms with E-state index in [1.165, 1.54) is 16.7 Å². The van der Waals surface area contributed by atoms with Crippen molar-refractivity contribution >= 4 is 11.9 Å². The SMILES string of the molecule is C=CCc1cc(C(C)C)c(/N=C/c2cccc(-c3ccccc3)c2O)c(C(C)C)c1. The van der Waals surface area contributed by atoms with E-state index in [1.54, 1.807) is 6.21 Å². The van der Waals surface area contributed by atoms with Crippen molar-refractivity contribution in [2.75, 3.05) is 0 Å². The molecule has 2 nitrogen and oxygen atoms in total. The molecular weight excluding hydrogens is 366 g/mol. The number of para-hydroxylation sites is 1.